The molecule has 1 aromatic carbocycles. The van der Waals surface area contributed by atoms with E-state index in [0.717, 1.165) is 31.7 Å². The molecule has 2 rings (SSSR count). The third kappa shape index (κ3) is 3.14. The Kier molecular flexibility index (Phi) is 5.01. The average Bonchev–Trinajstić information content (AvgIpc) is 2.71. The average molecular weight is 322 g/mol. The molecule has 1 aromatic rings. The summed E-state index contributed by atoms with van der Waals surface area (Å²) in [6.45, 7) is 0.390. The maximum absolute atomic E-state index is 13.7. The lowest BCUT2D eigenvalue weighted by Crippen LogP contribution is -2.32. The van der Waals surface area contributed by atoms with Crippen LogP contribution in [0.4, 0.5) is 4.39 Å². The molecule has 0 amide bonds. The van der Waals surface area contributed by atoms with Gasteiger partial charge in [0.2, 0.25) is 10.0 Å². The van der Waals surface area contributed by atoms with E-state index in [1.54, 1.807) is 0 Å². The number of rotatable bonds is 3. The highest BCUT2D eigenvalue weighted by Crippen LogP contribution is 2.27. The highest BCUT2D eigenvalue weighted by atomic mass is 35.5. The number of halogens is 2. The Balaban J connectivity index is 2.40. The Morgan fingerprint density at radius 1 is 1.20 bits per heavy atom. The Morgan fingerprint density at radius 3 is 2.35 bits per heavy atom. The molecule has 0 spiro atoms. The van der Waals surface area contributed by atoms with Gasteiger partial charge in [0, 0.05) is 18.7 Å². The van der Waals surface area contributed by atoms with Crippen molar-refractivity contribution in [3.63, 3.8) is 0 Å². The zero-order valence-electron chi connectivity index (χ0n) is 11.0. The van der Waals surface area contributed by atoms with Crippen molar-refractivity contribution >= 4 is 21.6 Å². The molecule has 0 saturated carbocycles. The fraction of sp³-hybridized carbons (Fsp3) is 0.538. The molecule has 1 N–H and O–H groups in total. The lowest BCUT2D eigenvalue weighted by Gasteiger charge is -2.20. The summed E-state index contributed by atoms with van der Waals surface area (Å²) in [5.41, 5.74) is 0.0834. The molecular weight excluding hydrogens is 305 g/mol. The fourth-order valence-corrected chi connectivity index (χ4v) is 4.06. The number of aliphatic hydroxyl groups is 1. The fourth-order valence-electron chi connectivity index (χ4n) is 2.31. The molecule has 1 aliphatic rings. The van der Waals surface area contributed by atoms with Crippen molar-refractivity contribution < 1.29 is 17.9 Å². The number of nitrogens with zero attached hydrogens (tertiary/aromatic N) is 1. The van der Waals surface area contributed by atoms with Crippen LogP contribution in [0.2, 0.25) is 5.02 Å². The van der Waals surface area contributed by atoms with Crippen LogP contribution in [-0.2, 0) is 16.6 Å². The number of hydrogen-bond acceptors (Lipinski definition) is 3. The van der Waals surface area contributed by atoms with Crippen LogP contribution in [0.3, 0.4) is 0 Å². The van der Waals surface area contributed by atoms with Gasteiger partial charge >= 0.3 is 0 Å². The number of sulfonamides is 1. The Hall–Kier alpha value is -0.690. The molecule has 4 nitrogen and oxygen atoms in total. The van der Waals surface area contributed by atoms with E-state index >= 15 is 0 Å². The van der Waals surface area contributed by atoms with E-state index in [-0.39, 0.29) is 15.5 Å². The second kappa shape index (κ2) is 6.39. The molecule has 0 bridgehead atoms. The Bertz CT molecular complexity index is 584. The summed E-state index contributed by atoms with van der Waals surface area (Å²) in [5, 5.41) is 8.89. The van der Waals surface area contributed by atoms with Crippen LogP contribution in [-0.4, -0.2) is 30.9 Å². The van der Waals surface area contributed by atoms with Crippen molar-refractivity contribution in [3.8, 4) is 0 Å². The molecule has 1 saturated heterocycles. The van der Waals surface area contributed by atoms with Crippen molar-refractivity contribution in [1.29, 1.82) is 0 Å². The van der Waals surface area contributed by atoms with Gasteiger partial charge in [0.25, 0.3) is 0 Å². The van der Waals surface area contributed by atoms with Gasteiger partial charge in [0.05, 0.1) is 16.5 Å². The molecule has 0 aliphatic carbocycles. The standard InChI is InChI=1S/C13H17ClFNO3S/c14-13-10(9-17)7-11(8-12(13)15)20(18,19)16-5-3-1-2-4-6-16/h7-8,17H,1-6,9H2. The second-order valence-electron chi connectivity index (χ2n) is 4.85. The smallest absolute Gasteiger partial charge is 0.243 e. The molecule has 0 atom stereocenters. The first-order chi connectivity index (χ1) is 9.46. The lowest BCUT2D eigenvalue weighted by molar-refractivity contribution is 0.281. The van der Waals surface area contributed by atoms with Gasteiger partial charge < -0.3 is 5.11 Å². The third-order valence-corrected chi connectivity index (χ3v) is 5.75. The van der Waals surface area contributed by atoms with Crippen molar-refractivity contribution in [2.75, 3.05) is 13.1 Å². The van der Waals surface area contributed by atoms with Crippen molar-refractivity contribution in [2.45, 2.75) is 37.2 Å². The van der Waals surface area contributed by atoms with Gasteiger partial charge in [-0.15, -0.1) is 0 Å². The summed E-state index contributed by atoms with van der Waals surface area (Å²) >= 11 is 5.68. The normalized spacial score (nSPS) is 17.9. The van der Waals surface area contributed by atoms with Crippen LogP contribution in [0.25, 0.3) is 0 Å². The van der Waals surface area contributed by atoms with Crippen molar-refractivity contribution in [3.05, 3.63) is 28.5 Å². The molecular formula is C13H17ClFNO3S. The molecule has 0 unspecified atom stereocenters. The van der Waals surface area contributed by atoms with E-state index in [0.29, 0.717) is 13.1 Å². The minimum atomic E-state index is -3.73. The zero-order chi connectivity index (χ0) is 14.8. The first-order valence-electron chi connectivity index (χ1n) is 6.55. The van der Waals surface area contributed by atoms with E-state index in [2.05, 4.69) is 0 Å². The molecule has 7 heteroatoms. The third-order valence-electron chi connectivity index (χ3n) is 3.45. The summed E-state index contributed by atoms with van der Waals surface area (Å²) in [7, 11) is -3.73. The van der Waals surface area contributed by atoms with Gasteiger partial charge in [0.15, 0.2) is 0 Å². The predicted molar refractivity (Wildman–Crippen MR) is 74.6 cm³/mol. The largest absolute Gasteiger partial charge is 0.392 e. The first kappa shape index (κ1) is 15.7. The molecule has 0 radical (unpaired) electrons. The maximum atomic E-state index is 13.7. The lowest BCUT2D eigenvalue weighted by atomic mass is 10.2. The summed E-state index contributed by atoms with van der Waals surface area (Å²) in [4.78, 5) is -0.148. The zero-order valence-corrected chi connectivity index (χ0v) is 12.6. The molecule has 20 heavy (non-hydrogen) atoms. The molecule has 0 aromatic heterocycles. The summed E-state index contributed by atoms with van der Waals surface area (Å²) in [6.07, 6.45) is 3.62. The molecule has 1 aliphatic heterocycles. The van der Waals surface area contributed by atoms with Crippen LogP contribution < -0.4 is 0 Å². The monoisotopic (exact) mass is 321 g/mol. The summed E-state index contributed by atoms with van der Waals surface area (Å²) in [6, 6.07) is 2.16. The van der Waals surface area contributed by atoms with E-state index in [4.69, 9.17) is 16.7 Å². The van der Waals surface area contributed by atoms with Crippen LogP contribution in [0, 0.1) is 5.82 Å². The van der Waals surface area contributed by atoms with Crippen LogP contribution >= 0.6 is 11.6 Å². The topological polar surface area (TPSA) is 57.6 Å². The number of benzene rings is 1. The first-order valence-corrected chi connectivity index (χ1v) is 8.37. The molecule has 112 valence electrons. The summed E-state index contributed by atoms with van der Waals surface area (Å²) in [5.74, 6) is -0.827. The van der Waals surface area contributed by atoms with E-state index in [1.165, 1.54) is 10.4 Å². The van der Waals surface area contributed by atoms with Gasteiger partial charge in [-0.2, -0.15) is 4.31 Å². The molecule has 1 fully saturated rings. The van der Waals surface area contributed by atoms with Crippen LogP contribution in [0.5, 0.6) is 0 Å². The highest BCUT2D eigenvalue weighted by molar-refractivity contribution is 7.89. The van der Waals surface area contributed by atoms with Gasteiger partial charge in [0.1, 0.15) is 5.82 Å². The minimum absolute atomic E-state index is 0.0834. The van der Waals surface area contributed by atoms with E-state index in [1.807, 2.05) is 0 Å². The highest BCUT2D eigenvalue weighted by Gasteiger charge is 2.26. The second-order valence-corrected chi connectivity index (χ2v) is 7.17. The van der Waals surface area contributed by atoms with Crippen molar-refractivity contribution in [1.82, 2.24) is 4.31 Å². The molecule has 1 heterocycles. The number of aliphatic hydroxyl groups excluding tert-OH is 1. The van der Waals surface area contributed by atoms with Gasteiger partial charge in [-0.3, -0.25) is 0 Å². The van der Waals surface area contributed by atoms with Gasteiger partial charge in [-0.05, 0) is 25.0 Å². The Morgan fingerprint density at radius 2 is 1.80 bits per heavy atom. The maximum Gasteiger partial charge on any atom is 0.243 e. The minimum Gasteiger partial charge on any atom is -0.392 e. The quantitative estimate of drug-likeness (QED) is 0.930. The van der Waals surface area contributed by atoms with Crippen molar-refractivity contribution in [2.24, 2.45) is 0 Å². The van der Waals surface area contributed by atoms with E-state index < -0.39 is 22.4 Å². The Labute approximate surface area is 123 Å². The predicted octanol–water partition coefficient (Wildman–Crippen LogP) is 2.54. The van der Waals surface area contributed by atoms with Crippen LogP contribution in [0.1, 0.15) is 31.2 Å². The SMILES string of the molecule is O=S(=O)(c1cc(F)c(Cl)c(CO)c1)N1CCCCCC1. The van der Waals surface area contributed by atoms with E-state index in [9.17, 15) is 12.8 Å². The van der Waals surface area contributed by atoms with Gasteiger partial charge in [-0.1, -0.05) is 24.4 Å². The van der Waals surface area contributed by atoms with Gasteiger partial charge in [-0.25, -0.2) is 12.8 Å². The summed E-state index contributed by atoms with van der Waals surface area (Å²) < 4.78 is 40.1. The van der Waals surface area contributed by atoms with Crippen LogP contribution in [0.15, 0.2) is 17.0 Å². The number of hydrogen-bond donors (Lipinski definition) is 1.